The zero-order valence-corrected chi connectivity index (χ0v) is 17.5. The van der Waals surface area contributed by atoms with Crippen LogP contribution < -0.4 is 4.90 Å². The van der Waals surface area contributed by atoms with Crippen molar-refractivity contribution in [2.24, 2.45) is 0 Å². The normalized spacial score (nSPS) is 16.8. The Morgan fingerprint density at radius 2 is 1.27 bits per heavy atom. The summed E-state index contributed by atoms with van der Waals surface area (Å²) >= 11 is 3.51. The molecule has 5 nitrogen and oxygen atoms in total. The van der Waals surface area contributed by atoms with E-state index < -0.39 is 11.8 Å². The molecule has 5 rings (SSSR count). The van der Waals surface area contributed by atoms with Crippen LogP contribution in [0, 0.1) is 0 Å². The van der Waals surface area contributed by atoms with Crippen molar-refractivity contribution in [3.63, 3.8) is 0 Å². The Labute approximate surface area is 181 Å². The third-order valence-electron chi connectivity index (χ3n) is 5.41. The molecule has 0 radical (unpaired) electrons. The molecule has 6 heteroatoms. The molecular weight excluding hydrogens is 444 g/mol. The number of nitrogens with zero attached hydrogens (tertiary/aromatic N) is 2. The fourth-order valence-electron chi connectivity index (χ4n) is 4.04. The zero-order chi connectivity index (χ0) is 21.0. The van der Waals surface area contributed by atoms with Crippen LogP contribution >= 0.6 is 15.9 Å². The van der Waals surface area contributed by atoms with Crippen molar-refractivity contribution in [1.29, 1.82) is 0 Å². The van der Waals surface area contributed by atoms with E-state index in [0.29, 0.717) is 39.2 Å². The summed E-state index contributed by atoms with van der Waals surface area (Å²) in [4.78, 5) is 42.6. The Morgan fingerprint density at radius 1 is 0.700 bits per heavy atom. The maximum atomic E-state index is 13.4. The predicted molar refractivity (Wildman–Crippen MR) is 118 cm³/mol. The molecule has 30 heavy (non-hydrogen) atoms. The average molecular weight is 459 g/mol. The van der Waals surface area contributed by atoms with Gasteiger partial charge in [0.25, 0.3) is 17.7 Å². The second-order valence-electron chi connectivity index (χ2n) is 7.08. The highest BCUT2D eigenvalue weighted by Gasteiger charge is 2.43. The standard InChI is InChI=1S/C24H15BrN2O3/c1-26-21-17(12-7-13-18(21)25)19(24(26)30)20(14-8-3-2-4-9-14)27-22(28)15-10-5-6-11-16(15)23(27)29/h2-13H,1H3/b20-19+. The summed E-state index contributed by atoms with van der Waals surface area (Å²) in [7, 11) is 1.68. The van der Waals surface area contributed by atoms with Crippen LogP contribution in [0.5, 0.6) is 0 Å². The van der Waals surface area contributed by atoms with E-state index in [1.54, 1.807) is 43.4 Å². The van der Waals surface area contributed by atoms with Crippen molar-refractivity contribution in [3.8, 4) is 0 Å². The van der Waals surface area contributed by atoms with Crippen LogP contribution in [-0.2, 0) is 4.79 Å². The molecule has 3 amide bonds. The number of hydrogen-bond acceptors (Lipinski definition) is 3. The van der Waals surface area contributed by atoms with Gasteiger partial charge in [0.05, 0.1) is 28.1 Å². The van der Waals surface area contributed by atoms with Crippen molar-refractivity contribution in [1.82, 2.24) is 4.90 Å². The van der Waals surface area contributed by atoms with Crippen LogP contribution in [0.4, 0.5) is 5.69 Å². The van der Waals surface area contributed by atoms with E-state index in [0.717, 1.165) is 9.37 Å². The van der Waals surface area contributed by atoms with Gasteiger partial charge in [0.1, 0.15) is 0 Å². The highest BCUT2D eigenvalue weighted by molar-refractivity contribution is 9.10. The molecule has 0 saturated carbocycles. The highest BCUT2D eigenvalue weighted by atomic mass is 79.9. The van der Waals surface area contributed by atoms with Gasteiger partial charge in [0, 0.05) is 17.1 Å². The molecule has 0 bridgehead atoms. The summed E-state index contributed by atoms with van der Waals surface area (Å²) in [5.41, 5.74) is 3.31. The minimum absolute atomic E-state index is 0.271. The SMILES string of the molecule is CN1C(=O)/C(=C(\c2ccccc2)N2C(=O)c3ccccc3C2=O)c2cccc(Br)c21. The molecule has 0 fully saturated rings. The molecule has 0 saturated heterocycles. The van der Waals surface area contributed by atoms with E-state index in [1.165, 1.54) is 4.90 Å². The number of fused-ring (bicyclic) bond motifs is 2. The van der Waals surface area contributed by atoms with Crippen LogP contribution in [-0.4, -0.2) is 29.7 Å². The molecule has 0 spiro atoms. The number of rotatable bonds is 2. The Hall–Kier alpha value is -3.51. The van der Waals surface area contributed by atoms with Gasteiger partial charge in [-0.3, -0.25) is 14.4 Å². The third-order valence-corrected chi connectivity index (χ3v) is 6.05. The number of para-hydroxylation sites is 1. The second-order valence-corrected chi connectivity index (χ2v) is 7.94. The topological polar surface area (TPSA) is 57.7 Å². The van der Waals surface area contributed by atoms with Gasteiger partial charge in [-0.05, 0) is 39.7 Å². The van der Waals surface area contributed by atoms with Crippen molar-refractivity contribution >= 4 is 50.6 Å². The van der Waals surface area contributed by atoms with Crippen molar-refractivity contribution in [2.45, 2.75) is 0 Å². The molecule has 0 aliphatic carbocycles. The van der Waals surface area contributed by atoms with E-state index >= 15 is 0 Å². The summed E-state index contributed by atoms with van der Waals surface area (Å²) in [5.74, 6) is -1.13. The van der Waals surface area contributed by atoms with Crippen molar-refractivity contribution in [2.75, 3.05) is 11.9 Å². The summed E-state index contributed by atoms with van der Waals surface area (Å²) < 4.78 is 0.764. The van der Waals surface area contributed by atoms with Crippen LogP contribution in [0.1, 0.15) is 31.8 Å². The van der Waals surface area contributed by atoms with Gasteiger partial charge in [-0.1, -0.05) is 54.6 Å². The van der Waals surface area contributed by atoms with E-state index in [4.69, 9.17) is 0 Å². The largest absolute Gasteiger partial charge is 0.310 e. The van der Waals surface area contributed by atoms with E-state index in [9.17, 15) is 14.4 Å². The zero-order valence-electron chi connectivity index (χ0n) is 15.9. The minimum Gasteiger partial charge on any atom is -0.310 e. The van der Waals surface area contributed by atoms with Crippen LogP contribution in [0.15, 0.2) is 77.3 Å². The summed E-state index contributed by atoms with van der Waals surface area (Å²) in [6, 6.07) is 21.3. The van der Waals surface area contributed by atoms with Gasteiger partial charge >= 0.3 is 0 Å². The average Bonchev–Trinajstić information content (AvgIpc) is 3.17. The number of carbonyl (C=O) groups is 3. The van der Waals surface area contributed by atoms with E-state index in [-0.39, 0.29) is 5.91 Å². The van der Waals surface area contributed by atoms with Gasteiger partial charge < -0.3 is 4.90 Å². The van der Waals surface area contributed by atoms with Crippen LogP contribution in [0.3, 0.4) is 0 Å². The minimum atomic E-state index is -0.430. The summed E-state index contributed by atoms with van der Waals surface area (Å²) in [6.45, 7) is 0. The maximum Gasteiger partial charge on any atom is 0.266 e. The van der Waals surface area contributed by atoms with Gasteiger partial charge in [-0.25, -0.2) is 4.90 Å². The summed E-state index contributed by atoms with van der Waals surface area (Å²) in [5, 5.41) is 0. The number of anilines is 1. The number of amides is 3. The molecule has 0 N–H and O–H groups in total. The first kappa shape index (κ1) is 18.5. The Balaban J connectivity index is 1.84. The smallest absolute Gasteiger partial charge is 0.266 e. The fourth-order valence-corrected chi connectivity index (χ4v) is 4.68. The lowest BCUT2D eigenvalue weighted by atomic mass is 9.99. The monoisotopic (exact) mass is 458 g/mol. The van der Waals surface area contributed by atoms with Crippen LogP contribution in [0.25, 0.3) is 11.3 Å². The van der Waals surface area contributed by atoms with Crippen LogP contribution in [0.2, 0.25) is 0 Å². The van der Waals surface area contributed by atoms with E-state index in [1.807, 2.05) is 36.4 Å². The van der Waals surface area contributed by atoms with Gasteiger partial charge in [-0.15, -0.1) is 0 Å². The lowest BCUT2D eigenvalue weighted by molar-refractivity contribution is -0.112. The molecule has 2 heterocycles. The first-order chi connectivity index (χ1) is 14.5. The highest BCUT2D eigenvalue weighted by Crippen LogP contribution is 2.45. The molecule has 3 aromatic rings. The number of hydrogen-bond donors (Lipinski definition) is 0. The lowest BCUT2D eigenvalue weighted by Gasteiger charge is -2.21. The number of likely N-dealkylation sites (N-methyl/N-ethyl adjacent to an activating group) is 1. The summed E-state index contributed by atoms with van der Waals surface area (Å²) in [6.07, 6.45) is 0. The van der Waals surface area contributed by atoms with Gasteiger partial charge in [0.15, 0.2) is 0 Å². The van der Waals surface area contributed by atoms with E-state index in [2.05, 4.69) is 15.9 Å². The Morgan fingerprint density at radius 3 is 1.90 bits per heavy atom. The molecule has 146 valence electrons. The quantitative estimate of drug-likeness (QED) is 0.416. The molecule has 0 atom stereocenters. The number of benzene rings is 3. The number of halogens is 1. The number of imide groups is 1. The van der Waals surface area contributed by atoms with Crippen molar-refractivity contribution < 1.29 is 14.4 Å². The first-order valence-corrected chi connectivity index (χ1v) is 10.1. The molecular formula is C24H15BrN2O3. The predicted octanol–water partition coefficient (Wildman–Crippen LogP) is 4.59. The Kier molecular flexibility index (Phi) is 4.18. The van der Waals surface area contributed by atoms with Gasteiger partial charge in [0.2, 0.25) is 0 Å². The number of carbonyl (C=O) groups excluding carboxylic acids is 3. The Bertz CT molecular complexity index is 1250. The molecule has 0 unspecified atom stereocenters. The maximum absolute atomic E-state index is 13.4. The molecule has 2 aliphatic heterocycles. The molecule has 0 aromatic heterocycles. The lowest BCUT2D eigenvalue weighted by Crippen LogP contribution is -2.31. The first-order valence-electron chi connectivity index (χ1n) is 9.35. The van der Waals surface area contributed by atoms with Crippen molar-refractivity contribution in [3.05, 3.63) is 99.5 Å². The van der Waals surface area contributed by atoms with Gasteiger partial charge in [-0.2, -0.15) is 0 Å². The third kappa shape index (κ3) is 2.50. The fraction of sp³-hybridized carbons (Fsp3) is 0.0417. The molecule has 2 aliphatic rings. The molecule has 3 aromatic carbocycles. The second kappa shape index (κ2) is 6.78.